The summed E-state index contributed by atoms with van der Waals surface area (Å²) in [4.78, 5) is 13.3. The Morgan fingerprint density at radius 2 is 2.18 bits per heavy atom. The summed E-state index contributed by atoms with van der Waals surface area (Å²) < 4.78 is 5.21. The second-order valence-corrected chi connectivity index (χ2v) is 4.43. The van der Waals surface area contributed by atoms with Crippen molar-refractivity contribution >= 4 is 6.09 Å². The van der Waals surface area contributed by atoms with Gasteiger partial charge in [-0.05, 0) is 18.9 Å². The molecular formula is C13H17NO3. The van der Waals surface area contributed by atoms with E-state index in [0.29, 0.717) is 13.0 Å². The van der Waals surface area contributed by atoms with Gasteiger partial charge in [-0.2, -0.15) is 0 Å². The van der Waals surface area contributed by atoms with E-state index in [0.717, 1.165) is 5.56 Å². The molecule has 0 radical (unpaired) electrons. The topological polar surface area (TPSA) is 49.8 Å². The molecule has 2 rings (SSSR count). The summed E-state index contributed by atoms with van der Waals surface area (Å²) in [6.45, 7) is 2.56. The molecule has 1 aliphatic rings. The van der Waals surface area contributed by atoms with E-state index in [2.05, 4.69) is 0 Å². The molecule has 0 bridgehead atoms. The number of carbonyl (C=O) groups is 1. The van der Waals surface area contributed by atoms with Crippen LogP contribution in [0.4, 0.5) is 4.79 Å². The summed E-state index contributed by atoms with van der Waals surface area (Å²) in [6, 6.07) is 9.61. The molecule has 1 N–H and O–H groups in total. The van der Waals surface area contributed by atoms with Crippen LogP contribution in [0, 0.1) is 0 Å². The van der Waals surface area contributed by atoms with E-state index >= 15 is 0 Å². The Morgan fingerprint density at radius 1 is 1.47 bits per heavy atom. The van der Waals surface area contributed by atoms with Gasteiger partial charge in [0.2, 0.25) is 0 Å². The number of aliphatic hydroxyl groups is 1. The standard InChI is InChI=1S/C13H17NO3/c1-10-7-12(15)8-14(10)13(16)17-9-11-5-3-2-4-6-11/h2-6,10,12,15H,7-9H2,1H3/t10-,12-/m0/s1. The lowest BCUT2D eigenvalue weighted by atomic mass is 10.2. The van der Waals surface area contributed by atoms with Crippen LogP contribution in [0.3, 0.4) is 0 Å². The monoisotopic (exact) mass is 235 g/mol. The third-order valence-electron chi connectivity index (χ3n) is 2.99. The minimum atomic E-state index is -0.422. The van der Waals surface area contributed by atoms with E-state index in [1.807, 2.05) is 37.3 Å². The number of rotatable bonds is 2. The van der Waals surface area contributed by atoms with Crippen molar-refractivity contribution in [1.29, 1.82) is 0 Å². The summed E-state index contributed by atoms with van der Waals surface area (Å²) in [5, 5.41) is 9.45. The third-order valence-corrected chi connectivity index (χ3v) is 2.99. The zero-order valence-electron chi connectivity index (χ0n) is 9.87. The van der Waals surface area contributed by atoms with Gasteiger partial charge >= 0.3 is 6.09 Å². The van der Waals surface area contributed by atoms with Crippen LogP contribution in [0.2, 0.25) is 0 Å². The number of benzene rings is 1. The molecule has 2 atom stereocenters. The number of nitrogens with zero attached hydrogens (tertiary/aromatic N) is 1. The SMILES string of the molecule is C[C@H]1C[C@H](O)CN1C(=O)OCc1ccccc1. The quantitative estimate of drug-likeness (QED) is 0.850. The maximum absolute atomic E-state index is 11.8. The van der Waals surface area contributed by atoms with E-state index < -0.39 is 6.10 Å². The highest BCUT2D eigenvalue weighted by Gasteiger charge is 2.32. The van der Waals surface area contributed by atoms with Gasteiger partial charge in [0.25, 0.3) is 0 Å². The van der Waals surface area contributed by atoms with E-state index in [9.17, 15) is 9.90 Å². The molecule has 1 amide bonds. The van der Waals surface area contributed by atoms with Crippen LogP contribution in [-0.2, 0) is 11.3 Å². The highest BCUT2D eigenvalue weighted by molar-refractivity contribution is 5.68. The Kier molecular flexibility index (Phi) is 3.64. The van der Waals surface area contributed by atoms with Crippen LogP contribution in [0.5, 0.6) is 0 Å². The lowest BCUT2D eigenvalue weighted by molar-refractivity contribution is 0.0896. The highest BCUT2D eigenvalue weighted by atomic mass is 16.6. The molecule has 17 heavy (non-hydrogen) atoms. The minimum absolute atomic E-state index is 0.0493. The Balaban J connectivity index is 1.86. The molecule has 0 spiro atoms. The van der Waals surface area contributed by atoms with Crippen molar-refractivity contribution < 1.29 is 14.6 Å². The first kappa shape index (κ1) is 11.9. The van der Waals surface area contributed by atoms with Gasteiger partial charge in [-0.1, -0.05) is 30.3 Å². The predicted molar refractivity (Wildman–Crippen MR) is 63.4 cm³/mol. The first-order valence-electron chi connectivity index (χ1n) is 5.82. The first-order valence-corrected chi connectivity index (χ1v) is 5.82. The smallest absolute Gasteiger partial charge is 0.410 e. The lowest BCUT2D eigenvalue weighted by Gasteiger charge is -2.20. The molecule has 1 saturated heterocycles. The van der Waals surface area contributed by atoms with Crippen molar-refractivity contribution in [2.75, 3.05) is 6.54 Å². The van der Waals surface area contributed by atoms with Crippen LogP contribution < -0.4 is 0 Å². The van der Waals surface area contributed by atoms with Gasteiger partial charge in [0.1, 0.15) is 6.61 Å². The number of amides is 1. The average Bonchev–Trinajstić information content (AvgIpc) is 2.67. The molecule has 1 aromatic carbocycles. The zero-order chi connectivity index (χ0) is 12.3. The summed E-state index contributed by atoms with van der Waals surface area (Å²) in [5.74, 6) is 0. The number of hydrogen-bond donors (Lipinski definition) is 1. The van der Waals surface area contributed by atoms with E-state index in [-0.39, 0.29) is 18.7 Å². The number of β-amino-alcohol motifs (C(OH)–C–C–N with tert-alkyl or cyclic N) is 1. The van der Waals surface area contributed by atoms with Crippen molar-refractivity contribution in [1.82, 2.24) is 4.90 Å². The normalized spacial score (nSPS) is 23.8. The van der Waals surface area contributed by atoms with Gasteiger partial charge in [-0.15, -0.1) is 0 Å². The molecule has 4 heteroatoms. The molecule has 0 aromatic heterocycles. The average molecular weight is 235 g/mol. The Bertz CT molecular complexity index is 380. The predicted octanol–water partition coefficient (Wildman–Crippen LogP) is 1.78. The highest BCUT2D eigenvalue weighted by Crippen LogP contribution is 2.18. The summed E-state index contributed by atoms with van der Waals surface area (Å²) >= 11 is 0. The third kappa shape index (κ3) is 2.97. The van der Waals surface area contributed by atoms with Crippen molar-refractivity contribution in [3.8, 4) is 0 Å². The number of hydrogen-bond acceptors (Lipinski definition) is 3. The summed E-state index contributed by atoms with van der Waals surface area (Å²) in [7, 11) is 0. The molecule has 0 saturated carbocycles. The molecule has 92 valence electrons. The summed E-state index contributed by atoms with van der Waals surface area (Å²) in [6.07, 6.45) is -0.146. The molecule has 1 aliphatic heterocycles. The van der Waals surface area contributed by atoms with Crippen molar-refractivity contribution in [3.63, 3.8) is 0 Å². The molecule has 4 nitrogen and oxygen atoms in total. The maximum atomic E-state index is 11.8. The van der Waals surface area contributed by atoms with Gasteiger partial charge in [-0.3, -0.25) is 0 Å². The molecule has 1 heterocycles. The van der Waals surface area contributed by atoms with E-state index in [1.54, 1.807) is 4.90 Å². The van der Waals surface area contributed by atoms with Gasteiger partial charge in [0, 0.05) is 6.04 Å². The van der Waals surface area contributed by atoms with E-state index in [1.165, 1.54) is 0 Å². The maximum Gasteiger partial charge on any atom is 0.410 e. The fourth-order valence-corrected chi connectivity index (χ4v) is 2.06. The van der Waals surface area contributed by atoms with E-state index in [4.69, 9.17) is 4.74 Å². The van der Waals surface area contributed by atoms with Crippen molar-refractivity contribution in [2.24, 2.45) is 0 Å². The Hall–Kier alpha value is -1.55. The second kappa shape index (κ2) is 5.19. The van der Waals surface area contributed by atoms with Crippen LogP contribution in [-0.4, -0.2) is 34.8 Å². The number of aliphatic hydroxyl groups excluding tert-OH is 1. The number of carbonyl (C=O) groups excluding carboxylic acids is 1. The first-order chi connectivity index (χ1) is 8.16. The fraction of sp³-hybridized carbons (Fsp3) is 0.462. The zero-order valence-corrected chi connectivity index (χ0v) is 9.87. The lowest BCUT2D eigenvalue weighted by Crippen LogP contribution is -2.34. The van der Waals surface area contributed by atoms with Gasteiger partial charge in [-0.25, -0.2) is 4.79 Å². The molecule has 1 fully saturated rings. The molecule has 0 aliphatic carbocycles. The number of likely N-dealkylation sites (tertiary alicyclic amines) is 1. The Labute approximate surface area is 101 Å². The largest absolute Gasteiger partial charge is 0.445 e. The van der Waals surface area contributed by atoms with Crippen LogP contribution in [0.1, 0.15) is 18.9 Å². The Morgan fingerprint density at radius 3 is 2.76 bits per heavy atom. The van der Waals surface area contributed by atoms with Gasteiger partial charge in [0.05, 0.1) is 12.6 Å². The van der Waals surface area contributed by atoms with Gasteiger partial charge < -0.3 is 14.7 Å². The van der Waals surface area contributed by atoms with Crippen LogP contribution >= 0.6 is 0 Å². The fourth-order valence-electron chi connectivity index (χ4n) is 2.06. The van der Waals surface area contributed by atoms with Crippen LogP contribution in [0.25, 0.3) is 0 Å². The second-order valence-electron chi connectivity index (χ2n) is 4.43. The van der Waals surface area contributed by atoms with Crippen molar-refractivity contribution in [2.45, 2.75) is 32.1 Å². The van der Waals surface area contributed by atoms with Crippen LogP contribution in [0.15, 0.2) is 30.3 Å². The summed E-state index contributed by atoms with van der Waals surface area (Å²) in [5.41, 5.74) is 0.966. The van der Waals surface area contributed by atoms with Gasteiger partial charge in [0.15, 0.2) is 0 Å². The number of ether oxygens (including phenoxy) is 1. The minimum Gasteiger partial charge on any atom is -0.445 e. The molecule has 1 aromatic rings. The van der Waals surface area contributed by atoms with Crippen molar-refractivity contribution in [3.05, 3.63) is 35.9 Å². The molecular weight excluding hydrogens is 218 g/mol. The molecule has 0 unspecified atom stereocenters.